The van der Waals surface area contributed by atoms with E-state index >= 15 is 0 Å². The molecule has 0 heterocycles. The highest BCUT2D eigenvalue weighted by atomic mass is 16.5. The van der Waals surface area contributed by atoms with Crippen LogP contribution in [0.2, 0.25) is 0 Å². The lowest BCUT2D eigenvalue weighted by Gasteiger charge is -2.05. The summed E-state index contributed by atoms with van der Waals surface area (Å²) >= 11 is 0. The van der Waals surface area contributed by atoms with Gasteiger partial charge in [-0.3, -0.25) is 0 Å². The predicted molar refractivity (Wildman–Crippen MR) is 62.7 cm³/mol. The number of ether oxygens (including phenoxy) is 1. The first kappa shape index (κ1) is 12.2. The Hall–Kier alpha value is -1.76. The molecule has 0 aliphatic heterocycles. The zero-order valence-corrected chi connectivity index (χ0v) is 8.57. The van der Waals surface area contributed by atoms with Crippen molar-refractivity contribution in [2.24, 2.45) is 0 Å². The summed E-state index contributed by atoms with van der Waals surface area (Å²) in [6, 6.07) is 0. The maximum absolute atomic E-state index is 5.46. The van der Waals surface area contributed by atoms with Gasteiger partial charge in [0.15, 0.2) is 0 Å². The van der Waals surface area contributed by atoms with Crippen LogP contribution in [0.25, 0.3) is 0 Å². The van der Waals surface area contributed by atoms with E-state index in [1.54, 1.807) is 24.3 Å². The summed E-state index contributed by atoms with van der Waals surface area (Å²) in [4.78, 5) is 0. The molecule has 0 unspecified atom stereocenters. The zero-order chi connectivity index (χ0) is 10.8. The van der Waals surface area contributed by atoms with Crippen molar-refractivity contribution in [3.63, 3.8) is 0 Å². The van der Waals surface area contributed by atoms with E-state index in [0.29, 0.717) is 11.5 Å². The quantitative estimate of drug-likeness (QED) is 0.453. The van der Waals surface area contributed by atoms with E-state index in [1.807, 2.05) is 25.2 Å². The molecule has 0 aromatic rings. The lowest BCUT2D eigenvalue weighted by atomic mass is 10.3. The summed E-state index contributed by atoms with van der Waals surface area (Å²) in [6.45, 7) is 12.8. The monoisotopic (exact) mass is 188 g/mol. The number of hydrogen-bond donors (Lipinski definition) is 0. The SMILES string of the molecule is C=C/C=C(\C=C)O/C(C=C)=C/C=C\C. The first-order chi connectivity index (χ1) is 6.78. The molecule has 1 nitrogen and oxygen atoms in total. The molecule has 1 heteroatoms. The fraction of sp³-hybridized carbons (Fsp3) is 0.0769. The second kappa shape index (κ2) is 7.87. The van der Waals surface area contributed by atoms with E-state index in [0.717, 1.165) is 0 Å². The second-order valence-electron chi connectivity index (χ2n) is 2.41. The van der Waals surface area contributed by atoms with Gasteiger partial charge in [-0.05, 0) is 31.2 Å². The minimum absolute atomic E-state index is 0.649. The number of allylic oxidation sites excluding steroid dienone is 7. The third-order valence-electron chi connectivity index (χ3n) is 1.37. The van der Waals surface area contributed by atoms with E-state index in [9.17, 15) is 0 Å². The van der Waals surface area contributed by atoms with Gasteiger partial charge in [-0.2, -0.15) is 0 Å². The fourth-order valence-corrected chi connectivity index (χ4v) is 0.731. The van der Waals surface area contributed by atoms with Gasteiger partial charge in [0.05, 0.1) is 0 Å². The zero-order valence-electron chi connectivity index (χ0n) is 8.57. The molecule has 0 spiro atoms. The van der Waals surface area contributed by atoms with Crippen LogP contribution in [0.4, 0.5) is 0 Å². The van der Waals surface area contributed by atoms with Crippen molar-refractivity contribution in [1.29, 1.82) is 0 Å². The molecule has 0 amide bonds. The van der Waals surface area contributed by atoms with E-state index in [-0.39, 0.29) is 0 Å². The third kappa shape index (κ3) is 4.99. The highest BCUT2D eigenvalue weighted by Gasteiger charge is 1.93. The Bertz CT molecular complexity index is 290. The maximum atomic E-state index is 5.46. The largest absolute Gasteiger partial charge is 0.457 e. The molecule has 74 valence electrons. The van der Waals surface area contributed by atoms with Gasteiger partial charge >= 0.3 is 0 Å². The first-order valence-corrected chi connectivity index (χ1v) is 4.37. The van der Waals surface area contributed by atoms with Crippen LogP contribution in [0.3, 0.4) is 0 Å². The van der Waals surface area contributed by atoms with Gasteiger partial charge in [-0.1, -0.05) is 38.0 Å². The molecule has 0 aliphatic carbocycles. The molecule has 0 bridgehead atoms. The summed E-state index contributed by atoms with van der Waals surface area (Å²) < 4.78 is 5.46. The van der Waals surface area contributed by atoms with Gasteiger partial charge in [-0.25, -0.2) is 0 Å². The average Bonchev–Trinajstić information content (AvgIpc) is 2.22. The molecular weight excluding hydrogens is 172 g/mol. The van der Waals surface area contributed by atoms with Gasteiger partial charge in [-0.15, -0.1) is 0 Å². The van der Waals surface area contributed by atoms with Crippen LogP contribution in [0.15, 0.2) is 73.8 Å². The Morgan fingerprint density at radius 2 is 1.57 bits per heavy atom. The van der Waals surface area contributed by atoms with Gasteiger partial charge in [0.1, 0.15) is 11.5 Å². The summed E-state index contributed by atoms with van der Waals surface area (Å²) in [7, 11) is 0. The highest BCUT2D eigenvalue weighted by molar-refractivity contribution is 5.23. The molecule has 0 N–H and O–H groups in total. The van der Waals surface area contributed by atoms with E-state index in [2.05, 4.69) is 19.7 Å². The van der Waals surface area contributed by atoms with Crippen LogP contribution in [0.1, 0.15) is 6.92 Å². The average molecular weight is 188 g/mol. The molecule has 0 saturated carbocycles. The second-order valence-corrected chi connectivity index (χ2v) is 2.41. The topological polar surface area (TPSA) is 9.23 Å². The van der Waals surface area contributed by atoms with Crippen molar-refractivity contribution >= 4 is 0 Å². The molecule has 0 rings (SSSR count). The lowest BCUT2D eigenvalue weighted by molar-refractivity contribution is 0.337. The molecule has 0 aromatic carbocycles. The van der Waals surface area contributed by atoms with E-state index in [4.69, 9.17) is 4.74 Å². The molecule has 0 aliphatic rings. The number of rotatable bonds is 6. The van der Waals surface area contributed by atoms with Crippen LogP contribution >= 0.6 is 0 Å². The van der Waals surface area contributed by atoms with Gasteiger partial charge in [0.2, 0.25) is 0 Å². The molecule has 0 saturated heterocycles. The van der Waals surface area contributed by atoms with E-state index in [1.165, 1.54) is 0 Å². The summed E-state index contributed by atoms with van der Waals surface area (Å²) in [5.41, 5.74) is 0. The molecule has 14 heavy (non-hydrogen) atoms. The lowest BCUT2D eigenvalue weighted by Crippen LogP contribution is -1.87. The first-order valence-electron chi connectivity index (χ1n) is 4.37. The van der Waals surface area contributed by atoms with Crippen LogP contribution in [0.5, 0.6) is 0 Å². The molecule has 0 atom stereocenters. The van der Waals surface area contributed by atoms with Crippen molar-refractivity contribution in [1.82, 2.24) is 0 Å². The highest BCUT2D eigenvalue weighted by Crippen LogP contribution is 2.08. The molecular formula is C13H16O. The van der Waals surface area contributed by atoms with Crippen LogP contribution in [-0.4, -0.2) is 0 Å². The van der Waals surface area contributed by atoms with Crippen molar-refractivity contribution in [2.75, 3.05) is 0 Å². The molecule has 0 fully saturated rings. The normalized spacial score (nSPS) is 12.6. The van der Waals surface area contributed by atoms with Crippen LogP contribution < -0.4 is 0 Å². The van der Waals surface area contributed by atoms with Gasteiger partial charge in [0, 0.05) is 0 Å². The standard InChI is InChI=1S/C13H16O/c1-5-9-11-13(8-4)14-12(7-3)10-6-2/h5-11H,2-4H2,1H3/b9-5-,12-10+,13-11+. The minimum atomic E-state index is 0.649. The summed E-state index contributed by atoms with van der Waals surface area (Å²) in [5, 5.41) is 0. The smallest absolute Gasteiger partial charge is 0.126 e. The Kier molecular flexibility index (Phi) is 6.88. The Labute approximate surface area is 86.1 Å². The number of hydrogen-bond acceptors (Lipinski definition) is 1. The fourth-order valence-electron chi connectivity index (χ4n) is 0.731. The van der Waals surface area contributed by atoms with Crippen LogP contribution in [0, 0.1) is 0 Å². The van der Waals surface area contributed by atoms with Crippen molar-refractivity contribution in [3.8, 4) is 0 Å². The maximum Gasteiger partial charge on any atom is 0.126 e. The molecule has 0 radical (unpaired) electrons. The van der Waals surface area contributed by atoms with Crippen molar-refractivity contribution in [3.05, 3.63) is 73.8 Å². The van der Waals surface area contributed by atoms with Crippen molar-refractivity contribution < 1.29 is 4.74 Å². The summed E-state index contributed by atoms with van der Waals surface area (Å²) in [5.74, 6) is 1.33. The summed E-state index contributed by atoms with van der Waals surface area (Å²) in [6.07, 6.45) is 12.3. The van der Waals surface area contributed by atoms with Crippen LogP contribution in [-0.2, 0) is 4.74 Å². The Balaban J connectivity index is 4.59. The predicted octanol–water partition coefficient (Wildman–Crippen LogP) is 3.90. The third-order valence-corrected chi connectivity index (χ3v) is 1.37. The molecule has 0 aromatic heterocycles. The van der Waals surface area contributed by atoms with Gasteiger partial charge < -0.3 is 4.74 Å². The minimum Gasteiger partial charge on any atom is -0.457 e. The van der Waals surface area contributed by atoms with E-state index < -0.39 is 0 Å². The van der Waals surface area contributed by atoms with Gasteiger partial charge in [0.25, 0.3) is 0 Å². The Morgan fingerprint density at radius 3 is 2.00 bits per heavy atom. The van der Waals surface area contributed by atoms with Crippen molar-refractivity contribution in [2.45, 2.75) is 6.92 Å². The Morgan fingerprint density at radius 1 is 1.00 bits per heavy atom.